The second kappa shape index (κ2) is 4.30. The number of hydrogen-bond acceptors (Lipinski definition) is 2. The van der Waals surface area contributed by atoms with Crippen molar-refractivity contribution >= 4 is 21.8 Å². The van der Waals surface area contributed by atoms with Crippen molar-refractivity contribution in [1.29, 1.82) is 0 Å². The summed E-state index contributed by atoms with van der Waals surface area (Å²) >= 11 is 0. The number of rotatable bonds is 1. The van der Waals surface area contributed by atoms with E-state index in [1.807, 2.05) is 0 Å². The summed E-state index contributed by atoms with van der Waals surface area (Å²) in [5.41, 5.74) is 0.576. The first-order valence-corrected chi connectivity index (χ1v) is 5.99. The lowest BCUT2D eigenvalue weighted by Gasteiger charge is -2.12. The van der Waals surface area contributed by atoms with Gasteiger partial charge >= 0.3 is 0 Å². The fourth-order valence-electron chi connectivity index (χ4n) is 2.46. The van der Waals surface area contributed by atoms with Crippen molar-refractivity contribution in [3.8, 4) is 5.75 Å². The molecule has 0 atom stereocenters. The van der Waals surface area contributed by atoms with Crippen LogP contribution in [0.25, 0.3) is 21.8 Å². The normalized spacial score (nSPS) is 11.2. The van der Waals surface area contributed by atoms with Gasteiger partial charge in [-0.25, -0.2) is 8.78 Å². The smallest absolute Gasteiger partial charge is 0.201 e. The monoisotopic (exact) mass is 275 g/mol. The van der Waals surface area contributed by atoms with Crippen LogP contribution in [0.1, 0.15) is 0 Å². The Labute approximate surface area is 113 Å². The maximum absolute atomic E-state index is 13.4. The third-order valence-corrected chi connectivity index (χ3v) is 3.46. The van der Waals surface area contributed by atoms with Gasteiger partial charge in [-0.2, -0.15) is 0 Å². The summed E-state index contributed by atoms with van der Waals surface area (Å²) in [4.78, 5) is 12.5. The second-order valence-electron chi connectivity index (χ2n) is 4.53. The van der Waals surface area contributed by atoms with Crippen molar-refractivity contribution in [2.24, 2.45) is 7.05 Å². The molecule has 3 nitrogen and oxygen atoms in total. The van der Waals surface area contributed by atoms with Gasteiger partial charge in [-0.3, -0.25) is 4.79 Å². The van der Waals surface area contributed by atoms with E-state index in [0.717, 1.165) is 12.1 Å². The fraction of sp³-hybridized carbons (Fsp3) is 0.133. The van der Waals surface area contributed by atoms with Crippen molar-refractivity contribution in [3.05, 3.63) is 52.2 Å². The van der Waals surface area contributed by atoms with Gasteiger partial charge in [0.15, 0.2) is 11.6 Å². The number of aryl methyl sites for hydroxylation is 1. The summed E-state index contributed by atoms with van der Waals surface area (Å²) in [5, 5.41) is 0.486. The quantitative estimate of drug-likeness (QED) is 0.639. The minimum atomic E-state index is -1.04. The summed E-state index contributed by atoms with van der Waals surface area (Å²) in [7, 11) is 3.16. The number of aromatic nitrogens is 1. The molecular formula is C15H11F2NO2. The van der Waals surface area contributed by atoms with Crippen molar-refractivity contribution in [2.75, 3.05) is 7.11 Å². The minimum Gasteiger partial charge on any atom is -0.496 e. The van der Waals surface area contributed by atoms with Crippen molar-refractivity contribution in [2.45, 2.75) is 0 Å². The van der Waals surface area contributed by atoms with Gasteiger partial charge in [-0.15, -0.1) is 0 Å². The molecular weight excluding hydrogens is 264 g/mol. The Hall–Kier alpha value is -2.43. The molecule has 0 aliphatic heterocycles. The maximum Gasteiger partial charge on any atom is 0.201 e. The molecule has 0 saturated carbocycles. The highest BCUT2D eigenvalue weighted by molar-refractivity contribution is 5.96. The Bertz CT molecular complexity index is 900. The molecule has 3 aromatic rings. The zero-order valence-corrected chi connectivity index (χ0v) is 10.9. The topological polar surface area (TPSA) is 31.2 Å². The number of pyridine rings is 1. The standard InChI is InChI=1S/C15H11F2NO2/c1-18-11-4-3-5-13(20-2)14(11)15(19)8-6-9(16)10(17)7-12(8)18/h3-7H,1-2H3. The Morgan fingerprint density at radius 2 is 1.80 bits per heavy atom. The summed E-state index contributed by atoms with van der Waals surface area (Å²) in [6.45, 7) is 0. The predicted molar refractivity (Wildman–Crippen MR) is 73.2 cm³/mol. The first kappa shape index (κ1) is 12.6. The van der Waals surface area contributed by atoms with E-state index in [0.29, 0.717) is 22.2 Å². The van der Waals surface area contributed by atoms with Crippen LogP contribution < -0.4 is 10.2 Å². The largest absolute Gasteiger partial charge is 0.496 e. The third-order valence-electron chi connectivity index (χ3n) is 3.46. The van der Waals surface area contributed by atoms with E-state index in [1.54, 1.807) is 29.8 Å². The highest BCUT2D eigenvalue weighted by Gasteiger charge is 2.15. The summed E-state index contributed by atoms with van der Waals surface area (Å²) in [5.74, 6) is -1.60. The first-order chi connectivity index (χ1) is 9.54. The Balaban J connectivity index is 2.65. The third kappa shape index (κ3) is 1.59. The van der Waals surface area contributed by atoms with Crippen LogP contribution in [0.15, 0.2) is 35.1 Å². The Morgan fingerprint density at radius 1 is 1.10 bits per heavy atom. The van der Waals surface area contributed by atoms with Crippen LogP contribution in [0.3, 0.4) is 0 Å². The highest BCUT2D eigenvalue weighted by Crippen LogP contribution is 2.26. The van der Waals surface area contributed by atoms with E-state index >= 15 is 0 Å². The van der Waals surface area contributed by atoms with Gasteiger partial charge in [0.25, 0.3) is 0 Å². The van der Waals surface area contributed by atoms with E-state index in [2.05, 4.69) is 0 Å². The second-order valence-corrected chi connectivity index (χ2v) is 4.53. The van der Waals surface area contributed by atoms with Gasteiger partial charge in [0, 0.05) is 18.5 Å². The average Bonchev–Trinajstić information content (AvgIpc) is 2.46. The van der Waals surface area contributed by atoms with E-state index in [-0.39, 0.29) is 10.8 Å². The molecule has 0 aliphatic rings. The van der Waals surface area contributed by atoms with E-state index in [9.17, 15) is 13.6 Å². The fourth-order valence-corrected chi connectivity index (χ4v) is 2.46. The van der Waals surface area contributed by atoms with Crippen molar-refractivity contribution in [1.82, 2.24) is 4.57 Å². The minimum absolute atomic E-state index is 0.128. The molecule has 5 heteroatoms. The number of hydrogen-bond donors (Lipinski definition) is 0. The van der Waals surface area contributed by atoms with Crippen molar-refractivity contribution < 1.29 is 13.5 Å². The first-order valence-electron chi connectivity index (χ1n) is 5.99. The zero-order chi connectivity index (χ0) is 14.4. The molecule has 1 heterocycles. The van der Waals surface area contributed by atoms with E-state index in [4.69, 9.17) is 4.74 Å². The SMILES string of the molecule is COc1cccc2c1c(=O)c1cc(F)c(F)cc1n2C. The van der Waals surface area contributed by atoms with Crippen LogP contribution in [-0.2, 0) is 7.05 Å². The Kier molecular flexibility index (Phi) is 2.71. The molecule has 0 amide bonds. The Morgan fingerprint density at radius 3 is 2.50 bits per heavy atom. The number of halogens is 2. The molecule has 0 bridgehead atoms. The van der Waals surface area contributed by atoms with Crippen LogP contribution in [0.2, 0.25) is 0 Å². The van der Waals surface area contributed by atoms with Gasteiger partial charge in [0.1, 0.15) is 5.75 Å². The van der Waals surface area contributed by atoms with E-state index in [1.165, 1.54) is 7.11 Å². The molecule has 2 aromatic carbocycles. The van der Waals surface area contributed by atoms with Crippen LogP contribution >= 0.6 is 0 Å². The van der Waals surface area contributed by atoms with Crippen LogP contribution in [0, 0.1) is 11.6 Å². The number of benzene rings is 2. The van der Waals surface area contributed by atoms with Gasteiger partial charge in [0.2, 0.25) is 5.43 Å². The molecule has 0 aliphatic carbocycles. The van der Waals surface area contributed by atoms with Gasteiger partial charge in [0.05, 0.1) is 23.5 Å². The van der Waals surface area contributed by atoms with Gasteiger partial charge in [-0.1, -0.05) is 6.07 Å². The lowest BCUT2D eigenvalue weighted by atomic mass is 10.1. The molecule has 0 spiro atoms. The number of ether oxygens (including phenoxy) is 1. The lowest BCUT2D eigenvalue weighted by Crippen LogP contribution is -2.11. The summed E-state index contributed by atoms with van der Waals surface area (Å²) in [6, 6.07) is 7.10. The molecule has 0 saturated heterocycles. The number of nitrogens with zero attached hydrogens (tertiary/aromatic N) is 1. The number of fused-ring (bicyclic) bond motifs is 2. The van der Waals surface area contributed by atoms with Crippen molar-refractivity contribution in [3.63, 3.8) is 0 Å². The number of methoxy groups -OCH3 is 1. The summed E-state index contributed by atoms with van der Waals surface area (Å²) in [6.07, 6.45) is 0. The molecule has 3 rings (SSSR count). The highest BCUT2D eigenvalue weighted by atomic mass is 19.2. The van der Waals surface area contributed by atoms with Crippen LogP contribution in [0.4, 0.5) is 8.78 Å². The maximum atomic E-state index is 13.4. The zero-order valence-electron chi connectivity index (χ0n) is 10.9. The molecule has 20 heavy (non-hydrogen) atoms. The van der Waals surface area contributed by atoms with Crippen LogP contribution in [-0.4, -0.2) is 11.7 Å². The molecule has 0 fully saturated rings. The molecule has 0 N–H and O–H groups in total. The van der Waals surface area contributed by atoms with Gasteiger partial charge < -0.3 is 9.30 Å². The predicted octanol–water partition coefficient (Wildman–Crippen LogP) is 2.98. The lowest BCUT2D eigenvalue weighted by molar-refractivity contribution is 0.419. The molecule has 102 valence electrons. The molecule has 1 aromatic heterocycles. The molecule has 0 radical (unpaired) electrons. The van der Waals surface area contributed by atoms with Gasteiger partial charge in [-0.05, 0) is 18.2 Å². The summed E-state index contributed by atoms with van der Waals surface area (Å²) < 4.78 is 33.6. The average molecular weight is 275 g/mol. The van der Waals surface area contributed by atoms with Crippen LogP contribution in [0.5, 0.6) is 5.75 Å². The van der Waals surface area contributed by atoms with E-state index < -0.39 is 11.6 Å². The molecule has 0 unspecified atom stereocenters.